The highest BCUT2D eigenvalue weighted by Gasteiger charge is 2.36. The summed E-state index contributed by atoms with van der Waals surface area (Å²) >= 11 is 1.02. The van der Waals surface area contributed by atoms with E-state index in [9.17, 15) is 87.9 Å². The van der Waals surface area contributed by atoms with E-state index in [0.717, 1.165) is 18.7 Å². The number of thioether (sulfide) groups is 1. The number of carbonyl (C=O) groups excluding carboxylic acids is 9. The molecule has 25 heteroatoms. The number of hydrogen-bond donors (Lipinski definition) is 11. The van der Waals surface area contributed by atoms with E-state index in [1.807, 2.05) is 0 Å². The summed E-state index contributed by atoms with van der Waals surface area (Å²) in [6.07, 6.45) is -8.70. The SMILES string of the molecule is CC(=O)C[C@H]1Cc2ccccc2SC[C@@H](C(N)=O)CC(=O)[C@H](CCC(=O)O)NC(=O)CNC(=O)[C@H]([C@H](C)O)NC(=O)[C@H](CCC(=O)O)CC(=O)[C@H](CCC(=O)O)NC(=O)[C@H](CC(=O)O)NC1=O. The van der Waals surface area contributed by atoms with Gasteiger partial charge in [-0.15, -0.1) is 11.8 Å². The molecule has 0 saturated heterocycles. The van der Waals surface area contributed by atoms with E-state index >= 15 is 0 Å². The number of aliphatic hydroxyl groups excluding tert-OH is 1. The van der Waals surface area contributed by atoms with Crippen LogP contribution in [0.1, 0.15) is 83.6 Å². The zero-order chi connectivity index (χ0) is 50.5. The number of primary amides is 1. The summed E-state index contributed by atoms with van der Waals surface area (Å²) in [6.45, 7) is 1.33. The highest BCUT2D eigenvalue weighted by molar-refractivity contribution is 7.99. The largest absolute Gasteiger partial charge is 0.481 e. The number of aliphatic hydroxyl groups is 1. The van der Waals surface area contributed by atoms with Crippen molar-refractivity contribution in [1.82, 2.24) is 26.6 Å². The molecule has 0 bridgehead atoms. The van der Waals surface area contributed by atoms with Crippen molar-refractivity contribution in [3.63, 3.8) is 0 Å². The second-order valence-electron chi connectivity index (χ2n) is 15.9. The Balaban J connectivity index is 2.74. The number of rotatable bonds is 15. The molecule has 1 aliphatic rings. The number of aliphatic carboxylic acids is 4. The highest BCUT2D eigenvalue weighted by atomic mass is 32.2. The Kier molecular flexibility index (Phi) is 23.3. The molecule has 0 saturated carbocycles. The maximum Gasteiger partial charge on any atom is 0.305 e. The molecule has 0 fully saturated rings. The molecular weight excluding hydrogens is 909 g/mol. The van der Waals surface area contributed by atoms with Crippen molar-refractivity contribution in [2.24, 2.45) is 23.5 Å². The van der Waals surface area contributed by atoms with Gasteiger partial charge in [-0.25, -0.2) is 0 Å². The summed E-state index contributed by atoms with van der Waals surface area (Å²) in [5.74, 6) is -19.1. The van der Waals surface area contributed by atoms with E-state index < -0.39 is 195 Å². The van der Waals surface area contributed by atoms with Crippen LogP contribution in [0.2, 0.25) is 0 Å². The van der Waals surface area contributed by atoms with Crippen molar-refractivity contribution in [2.45, 2.75) is 120 Å². The maximum atomic E-state index is 13.9. The number of carboxylic acids is 4. The molecule has 0 radical (unpaired) electrons. The summed E-state index contributed by atoms with van der Waals surface area (Å²) in [6, 6.07) is -0.732. The molecule has 1 aliphatic heterocycles. The molecule has 8 atom stereocenters. The fourth-order valence-corrected chi connectivity index (χ4v) is 7.99. The molecule has 24 nitrogen and oxygen atoms in total. The third-order valence-electron chi connectivity index (χ3n) is 10.4. The van der Waals surface area contributed by atoms with Gasteiger partial charge in [0.15, 0.2) is 11.6 Å². The second kappa shape index (κ2) is 27.7. The Hall–Kier alpha value is -6.76. The molecule has 368 valence electrons. The lowest BCUT2D eigenvalue weighted by Gasteiger charge is -2.26. The molecule has 1 heterocycles. The van der Waals surface area contributed by atoms with Crippen molar-refractivity contribution < 1.29 is 87.9 Å². The Labute approximate surface area is 387 Å². The molecule has 0 aliphatic carbocycles. The number of nitrogens with one attached hydrogen (secondary N) is 5. The second-order valence-corrected chi connectivity index (χ2v) is 17.0. The zero-order valence-corrected chi connectivity index (χ0v) is 37.5. The Morgan fingerprint density at radius 2 is 1.19 bits per heavy atom. The van der Waals surface area contributed by atoms with Crippen LogP contribution >= 0.6 is 11.8 Å². The molecule has 1 aromatic carbocycles. The summed E-state index contributed by atoms with van der Waals surface area (Å²) in [5, 5.41) is 59.5. The van der Waals surface area contributed by atoms with Crippen LogP contribution in [0.4, 0.5) is 0 Å². The van der Waals surface area contributed by atoms with Crippen LogP contribution in [0.15, 0.2) is 29.2 Å². The minimum Gasteiger partial charge on any atom is -0.481 e. The predicted octanol–water partition coefficient (Wildman–Crippen LogP) is -1.93. The van der Waals surface area contributed by atoms with E-state index in [-0.39, 0.29) is 12.2 Å². The van der Waals surface area contributed by atoms with Gasteiger partial charge in [0.2, 0.25) is 35.4 Å². The molecule has 2 rings (SSSR count). The van der Waals surface area contributed by atoms with Crippen molar-refractivity contribution in [3.05, 3.63) is 29.8 Å². The topological polar surface area (TPSA) is 409 Å². The summed E-state index contributed by atoms with van der Waals surface area (Å²) < 4.78 is 0. The first-order valence-corrected chi connectivity index (χ1v) is 21.9. The molecule has 12 N–H and O–H groups in total. The van der Waals surface area contributed by atoms with Crippen LogP contribution in [0, 0.1) is 17.8 Å². The Morgan fingerprint density at radius 3 is 1.75 bits per heavy atom. The van der Waals surface area contributed by atoms with Crippen LogP contribution in [0.5, 0.6) is 0 Å². The van der Waals surface area contributed by atoms with Crippen LogP contribution in [0.3, 0.4) is 0 Å². The number of carboxylic acid groups (broad SMARTS) is 4. The Bertz CT molecular complexity index is 2060. The maximum absolute atomic E-state index is 13.9. The molecule has 67 heavy (non-hydrogen) atoms. The average Bonchev–Trinajstić information content (AvgIpc) is 3.23. The third-order valence-corrected chi connectivity index (χ3v) is 11.7. The lowest BCUT2D eigenvalue weighted by Crippen LogP contribution is -2.56. The van der Waals surface area contributed by atoms with Crippen molar-refractivity contribution >= 4 is 88.4 Å². The van der Waals surface area contributed by atoms with Gasteiger partial charge in [0.25, 0.3) is 0 Å². The molecule has 6 amide bonds. The van der Waals surface area contributed by atoms with Crippen molar-refractivity contribution in [2.75, 3.05) is 12.3 Å². The number of benzene rings is 1. The molecule has 0 spiro atoms. The first-order chi connectivity index (χ1) is 31.4. The lowest BCUT2D eigenvalue weighted by atomic mass is 9.91. The normalized spacial score (nSPS) is 23.9. The number of nitrogens with two attached hydrogens (primary N) is 1. The summed E-state index contributed by atoms with van der Waals surface area (Å²) in [5.41, 5.74) is 6.08. The fourth-order valence-electron chi connectivity index (χ4n) is 6.82. The van der Waals surface area contributed by atoms with E-state index in [2.05, 4.69) is 26.6 Å². The fraction of sp³-hybridized carbons (Fsp3) is 0.548. The van der Waals surface area contributed by atoms with Gasteiger partial charge in [-0.2, -0.15) is 0 Å². The average molecular weight is 965 g/mol. The van der Waals surface area contributed by atoms with E-state index in [1.165, 1.54) is 6.92 Å². The van der Waals surface area contributed by atoms with Crippen LogP contribution < -0.4 is 32.3 Å². The van der Waals surface area contributed by atoms with Gasteiger partial charge in [-0.1, -0.05) is 18.2 Å². The van der Waals surface area contributed by atoms with E-state index in [4.69, 9.17) is 5.73 Å². The predicted molar refractivity (Wildman–Crippen MR) is 230 cm³/mol. The molecular formula is C42H56N6O18S. The lowest BCUT2D eigenvalue weighted by molar-refractivity contribution is -0.142. The summed E-state index contributed by atoms with van der Waals surface area (Å²) in [7, 11) is 0. The minimum absolute atomic E-state index is 0.163. The first kappa shape index (κ1) is 56.4. The van der Waals surface area contributed by atoms with Gasteiger partial charge in [-0.05, 0) is 51.2 Å². The minimum atomic E-state index is -1.93. The molecule has 0 unspecified atom stereocenters. The smallest absolute Gasteiger partial charge is 0.305 e. The van der Waals surface area contributed by atoms with Gasteiger partial charge in [0, 0.05) is 61.0 Å². The van der Waals surface area contributed by atoms with Gasteiger partial charge >= 0.3 is 23.9 Å². The number of ketones is 3. The van der Waals surface area contributed by atoms with E-state index in [0.29, 0.717) is 10.5 Å². The van der Waals surface area contributed by atoms with Crippen LogP contribution in [0.25, 0.3) is 0 Å². The van der Waals surface area contributed by atoms with Gasteiger partial charge in [0.05, 0.1) is 37.1 Å². The van der Waals surface area contributed by atoms with Crippen LogP contribution in [-0.4, -0.2) is 145 Å². The van der Waals surface area contributed by atoms with Crippen molar-refractivity contribution in [3.8, 4) is 0 Å². The molecule has 1 aromatic rings. The number of amides is 6. The Morgan fingerprint density at radius 1 is 0.657 bits per heavy atom. The van der Waals surface area contributed by atoms with Gasteiger partial charge < -0.3 is 62.6 Å². The standard InChI is InChI=1S/C42H56N6O18S/c1-20(49)13-24-14-22-5-3-4-6-31(22)67-19-25(38(43)62)16-30(52)26(8-11-34(56)57)45-32(53)18-44-42(66)37(21(2)50)48-39(63)23(7-10-33(54)55)15-29(51)27(9-12-35(58)59)46-41(65)28(17-36(60)61)47-40(24)64/h3-6,21,23-28,37,50H,7-19H2,1-2H3,(H2,43,62)(H,44,66)(H,45,53)(H,46,65)(H,47,64)(H,48,63)(H,54,55)(H,56,57)(H,58,59)(H,60,61)/t21-,23+,24-,25-,26-,27-,28-,37-/m0/s1. The summed E-state index contributed by atoms with van der Waals surface area (Å²) in [4.78, 5) is 167. The van der Waals surface area contributed by atoms with Gasteiger partial charge in [0.1, 0.15) is 17.9 Å². The van der Waals surface area contributed by atoms with Crippen LogP contribution in [-0.2, 0) is 68.7 Å². The number of hydrogen-bond acceptors (Lipinski definition) is 15. The van der Waals surface area contributed by atoms with Crippen molar-refractivity contribution in [1.29, 1.82) is 0 Å². The highest BCUT2D eigenvalue weighted by Crippen LogP contribution is 2.29. The third kappa shape index (κ3) is 20.5. The first-order valence-electron chi connectivity index (χ1n) is 21.0. The monoisotopic (exact) mass is 964 g/mol. The zero-order valence-electron chi connectivity index (χ0n) is 36.6. The molecule has 0 aromatic heterocycles. The van der Waals surface area contributed by atoms with Gasteiger partial charge in [-0.3, -0.25) is 57.5 Å². The number of Topliss-reactive ketones (excluding diaryl/α,β-unsaturated/α-hetero) is 3. The number of fused-ring (bicyclic) bond motifs is 1. The number of carbonyl (C=O) groups is 13. The van der Waals surface area contributed by atoms with E-state index in [1.54, 1.807) is 24.3 Å². The quantitative estimate of drug-likeness (QED) is 0.0912.